The number of carbonyl (C=O) groups excluding carboxylic acids is 1. The van der Waals surface area contributed by atoms with Crippen molar-refractivity contribution in [1.29, 1.82) is 0 Å². The van der Waals surface area contributed by atoms with Crippen LogP contribution in [-0.4, -0.2) is 36.1 Å². The van der Waals surface area contributed by atoms with E-state index in [9.17, 15) is 9.59 Å². The maximum Gasteiger partial charge on any atom is 0.320 e. The van der Waals surface area contributed by atoms with Crippen LogP contribution in [0.5, 0.6) is 0 Å². The molecule has 0 bridgehead atoms. The normalized spacial score (nSPS) is 16.0. The zero-order chi connectivity index (χ0) is 13.8. The summed E-state index contributed by atoms with van der Waals surface area (Å²) >= 11 is 0. The Bertz CT molecular complexity index is 242. The molecular weight excluding hydrogens is 270 g/mol. The van der Waals surface area contributed by atoms with Crippen molar-refractivity contribution in [1.82, 2.24) is 5.32 Å². The molecule has 1 atom stereocenters. The largest absolute Gasteiger partial charge is 0.480 e. The molecule has 0 aromatic rings. The Balaban J connectivity index is 0. The molecule has 1 amide bonds. The lowest BCUT2D eigenvalue weighted by atomic mass is 10.1. The third-order valence-electron chi connectivity index (χ3n) is 2.69. The highest BCUT2D eigenvalue weighted by Crippen LogP contribution is 2.02. The van der Waals surface area contributed by atoms with Crippen molar-refractivity contribution in [3.63, 3.8) is 0 Å². The molecule has 7 heteroatoms. The topological polar surface area (TPSA) is 118 Å². The quantitative estimate of drug-likeness (QED) is 0.555. The summed E-state index contributed by atoms with van der Waals surface area (Å²) in [6, 6.07) is -0.716. The zero-order valence-electron chi connectivity index (χ0n) is 11.3. The highest BCUT2D eigenvalue weighted by atomic mass is 35.5. The SMILES string of the molecule is Cl.NCCCC[C@H](N)C(=O)O.O=C1CCCCCN1. The summed E-state index contributed by atoms with van der Waals surface area (Å²) in [5.74, 6) is -0.709. The lowest BCUT2D eigenvalue weighted by Crippen LogP contribution is -2.29. The Morgan fingerprint density at radius 1 is 1.32 bits per heavy atom. The van der Waals surface area contributed by atoms with Gasteiger partial charge in [0.15, 0.2) is 0 Å². The van der Waals surface area contributed by atoms with Gasteiger partial charge in [0.1, 0.15) is 6.04 Å². The molecule has 0 unspecified atom stereocenters. The first kappa shape index (κ1) is 20.5. The molecule has 1 fully saturated rings. The fourth-order valence-corrected chi connectivity index (χ4v) is 1.54. The van der Waals surface area contributed by atoms with Crippen molar-refractivity contribution < 1.29 is 14.7 Å². The van der Waals surface area contributed by atoms with E-state index in [4.69, 9.17) is 16.6 Å². The minimum Gasteiger partial charge on any atom is -0.480 e. The van der Waals surface area contributed by atoms with Crippen LogP contribution < -0.4 is 16.8 Å². The Morgan fingerprint density at radius 2 is 2.00 bits per heavy atom. The van der Waals surface area contributed by atoms with Gasteiger partial charge in [-0.3, -0.25) is 9.59 Å². The number of carbonyl (C=O) groups is 2. The summed E-state index contributed by atoms with van der Waals surface area (Å²) in [5.41, 5.74) is 10.4. The summed E-state index contributed by atoms with van der Waals surface area (Å²) in [7, 11) is 0. The Hall–Kier alpha value is -0.850. The number of amides is 1. The van der Waals surface area contributed by atoms with Gasteiger partial charge >= 0.3 is 5.97 Å². The minimum absolute atomic E-state index is 0. The third kappa shape index (κ3) is 13.4. The number of carboxylic acid groups (broad SMARTS) is 1. The highest BCUT2D eigenvalue weighted by Gasteiger charge is 2.09. The average molecular weight is 296 g/mol. The molecule has 1 rings (SSSR count). The molecule has 114 valence electrons. The van der Waals surface area contributed by atoms with E-state index in [0.29, 0.717) is 13.0 Å². The van der Waals surface area contributed by atoms with Crippen LogP contribution in [0.15, 0.2) is 0 Å². The molecule has 6 N–H and O–H groups in total. The van der Waals surface area contributed by atoms with E-state index in [2.05, 4.69) is 5.32 Å². The Kier molecular flexibility index (Phi) is 14.6. The minimum atomic E-state index is -0.933. The van der Waals surface area contributed by atoms with Crippen molar-refractivity contribution in [3.05, 3.63) is 0 Å². The van der Waals surface area contributed by atoms with Gasteiger partial charge in [-0.05, 0) is 32.2 Å². The monoisotopic (exact) mass is 295 g/mol. The molecule has 0 saturated carbocycles. The average Bonchev–Trinajstić information content (AvgIpc) is 2.58. The second-order valence-electron chi connectivity index (χ2n) is 4.39. The van der Waals surface area contributed by atoms with Gasteiger partial charge in [0.05, 0.1) is 0 Å². The van der Waals surface area contributed by atoms with Crippen molar-refractivity contribution in [3.8, 4) is 0 Å². The third-order valence-corrected chi connectivity index (χ3v) is 2.69. The molecule has 1 heterocycles. The lowest BCUT2D eigenvalue weighted by molar-refractivity contribution is -0.138. The van der Waals surface area contributed by atoms with E-state index in [1.807, 2.05) is 0 Å². The number of hydrogen-bond acceptors (Lipinski definition) is 4. The summed E-state index contributed by atoms with van der Waals surface area (Å²) in [6.07, 6.45) is 6.34. The fraction of sp³-hybridized carbons (Fsp3) is 0.833. The predicted octanol–water partition coefficient (Wildman–Crippen LogP) is 0.626. The van der Waals surface area contributed by atoms with E-state index in [-0.39, 0.29) is 18.3 Å². The van der Waals surface area contributed by atoms with E-state index >= 15 is 0 Å². The van der Waals surface area contributed by atoms with Crippen molar-refractivity contribution >= 4 is 24.3 Å². The summed E-state index contributed by atoms with van der Waals surface area (Å²) in [6.45, 7) is 1.49. The first-order chi connectivity index (χ1) is 8.57. The highest BCUT2D eigenvalue weighted by molar-refractivity contribution is 5.85. The summed E-state index contributed by atoms with van der Waals surface area (Å²) < 4.78 is 0. The second-order valence-corrected chi connectivity index (χ2v) is 4.39. The molecule has 1 saturated heterocycles. The standard InChI is InChI=1S/C6H14N2O2.C6H11NO.ClH/c7-4-2-1-3-5(8)6(9)10;8-6-4-2-1-3-5-7-6;/h5H,1-4,7-8H2,(H,9,10);1-5H2,(H,7,8);1H/t5-;;/m0../s1. The van der Waals surface area contributed by atoms with Crippen LogP contribution >= 0.6 is 12.4 Å². The zero-order valence-corrected chi connectivity index (χ0v) is 12.1. The number of aliphatic carboxylic acids is 1. The van der Waals surface area contributed by atoms with Crippen LogP contribution in [-0.2, 0) is 9.59 Å². The number of nitrogens with two attached hydrogens (primary N) is 2. The molecule has 0 radical (unpaired) electrons. The molecule has 0 aliphatic carbocycles. The van der Waals surface area contributed by atoms with Crippen molar-refractivity contribution in [2.45, 2.75) is 51.0 Å². The second kappa shape index (κ2) is 13.6. The van der Waals surface area contributed by atoms with Gasteiger partial charge in [-0.2, -0.15) is 0 Å². The first-order valence-electron chi connectivity index (χ1n) is 6.53. The number of rotatable bonds is 5. The van der Waals surface area contributed by atoms with E-state index in [0.717, 1.165) is 38.6 Å². The number of carboxylic acids is 1. The van der Waals surface area contributed by atoms with Gasteiger partial charge in [0, 0.05) is 13.0 Å². The Labute approximate surface area is 120 Å². The van der Waals surface area contributed by atoms with Gasteiger partial charge in [0.25, 0.3) is 0 Å². The van der Waals surface area contributed by atoms with Crippen LogP contribution in [0.3, 0.4) is 0 Å². The molecule has 19 heavy (non-hydrogen) atoms. The van der Waals surface area contributed by atoms with Gasteiger partial charge in [-0.15, -0.1) is 12.4 Å². The van der Waals surface area contributed by atoms with E-state index in [1.165, 1.54) is 6.42 Å². The fourth-order valence-electron chi connectivity index (χ4n) is 1.54. The molecule has 0 aromatic heterocycles. The first-order valence-corrected chi connectivity index (χ1v) is 6.53. The van der Waals surface area contributed by atoms with Crippen molar-refractivity contribution in [2.75, 3.05) is 13.1 Å². The van der Waals surface area contributed by atoms with Crippen molar-refractivity contribution in [2.24, 2.45) is 11.5 Å². The predicted molar refractivity (Wildman–Crippen MR) is 77.2 cm³/mol. The number of hydrogen-bond donors (Lipinski definition) is 4. The summed E-state index contributed by atoms with van der Waals surface area (Å²) in [5, 5.41) is 11.1. The van der Waals surface area contributed by atoms with E-state index < -0.39 is 12.0 Å². The van der Waals surface area contributed by atoms with Crippen LogP contribution in [0.1, 0.15) is 44.9 Å². The molecular formula is C12H26ClN3O3. The molecule has 6 nitrogen and oxygen atoms in total. The molecule has 0 spiro atoms. The van der Waals surface area contributed by atoms with E-state index in [1.54, 1.807) is 0 Å². The maximum absolute atomic E-state index is 10.6. The van der Waals surface area contributed by atoms with Crippen LogP contribution in [0.25, 0.3) is 0 Å². The lowest BCUT2D eigenvalue weighted by Gasteiger charge is -2.03. The molecule has 1 aliphatic rings. The van der Waals surface area contributed by atoms with Gasteiger partial charge in [0.2, 0.25) is 5.91 Å². The van der Waals surface area contributed by atoms with Gasteiger partial charge in [-0.25, -0.2) is 0 Å². The summed E-state index contributed by atoms with van der Waals surface area (Å²) in [4.78, 5) is 20.7. The number of unbranched alkanes of at least 4 members (excludes halogenated alkanes) is 1. The van der Waals surface area contributed by atoms with Gasteiger partial charge in [-0.1, -0.05) is 12.8 Å². The number of nitrogens with one attached hydrogen (secondary N) is 1. The molecule has 1 aliphatic heterocycles. The van der Waals surface area contributed by atoms with Crippen LogP contribution in [0, 0.1) is 0 Å². The number of halogens is 1. The Morgan fingerprint density at radius 3 is 2.58 bits per heavy atom. The smallest absolute Gasteiger partial charge is 0.320 e. The van der Waals surface area contributed by atoms with Crippen LogP contribution in [0.2, 0.25) is 0 Å². The maximum atomic E-state index is 10.6. The van der Waals surface area contributed by atoms with Gasteiger partial charge < -0.3 is 21.9 Å². The van der Waals surface area contributed by atoms with Crippen LogP contribution in [0.4, 0.5) is 0 Å². The molecule has 0 aromatic carbocycles.